The van der Waals surface area contributed by atoms with E-state index in [4.69, 9.17) is 18.9 Å². The molecule has 9 heteroatoms. The first-order valence-corrected chi connectivity index (χ1v) is 11.7. The van der Waals surface area contributed by atoms with Crippen molar-refractivity contribution in [1.82, 2.24) is 10.6 Å². The van der Waals surface area contributed by atoms with Gasteiger partial charge in [0.15, 0.2) is 23.0 Å². The minimum absolute atomic E-state index is 0.108. The minimum atomic E-state index is -0.457. The molecule has 3 aromatic rings. The van der Waals surface area contributed by atoms with Crippen molar-refractivity contribution in [2.45, 2.75) is 13.0 Å². The van der Waals surface area contributed by atoms with Gasteiger partial charge in [-0.25, -0.2) is 0 Å². The smallest absolute Gasteiger partial charge is 0.268 e. The highest BCUT2D eigenvalue weighted by molar-refractivity contribution is 7.10. The molecule has 1 atom stereocenters. The number of methoxy groups -OCH3 is 3. The fraction of sp³-hybridized carbons (Fsp3) is 0.231. The third-order valence-corrected chi connectivity index (χ3v) is 5.72. The van der Waals surface area contributed by atoms with Crippen LogP contribution in [0.5, 0.6) is 23.0 Å². The van der Waals surface area contributed by atoms with Crippen LogP contribution in [0.15, 0.2) is 65.7 Å². The van der Waals surface area contributed by atoms with E-state index in [-0.39, 0.29) is 18.3 Å². The van der Waals surface area contributed by atoms with Gasteiger partial charge in [-0.05, 0) is 54.8 Å². The Morgan fingerprint density at radius 1 is 0.914 bits per heavy atom. The Morgan fingerprint density at radius 3 is 2.26 bits per heavy atom. The predicted octanol–water partition coefficient (Wildman–Crippen LogP) is 4.13. The van der Waals surface area contributed by atoms with E-state index in [9.17, 15) is 9.59 Å². The summed E-state index contributed by atoms with van der Waals surface area (Å²) in [6.45, 7) is 2.02. The highest BCUT2D eigenvalue weighted by Crippen LogP contribution is 2.28. The molecule has 2 amide bonds. The SMILES string of the molecule is COc1ccc(C(=O)N/C(=C\c2cccs2)C(=O)NC(C)COc2ccccc2OC)cc1OC. The van der Waals surface area contributed by atoms with Crippen LogP contribution in [-0.2, 0) is 4.79 Å². The molecule has 0 saturated heterocycles. The van der Waals surface area contributed by atoms with Crippen molar-refractivity contribution in [1.29, 1.82) is 0 Å². The van der Waals surface area contributed by atoms with E-state index in [1.807, 2.05) is 36.6 Å². The third kappa shape index (κ3) is 7.00. The van der Waals surface area contributed by atoms with E-state index in [2.05, 4.69) is 10.6 Å². The van der Waals surface area contributed by atoms with Gasteiger partial charge >= 0.3 is 0 Å². The topological polar surface area (TPSA) is 95.1 Å². The standard InChI is InChI=1S/C26H28N2O6S/c1-17(16-34-23-10-6-5-9-21(23)31-2)27-26(30)20(15-19-8-7-13-35-19)28-25(29)18-11-12-22(32-3)24(14-18)33-4/h5-15,17H,16H2,1-4H3,(H,27,30)(H,28,29)/b20-15-. The highest BCUT2D eigenvalue weighted by atomic mass is 32.1. The van der Waals surface area contributed by atoms with Gasteiger partial charge in [0.05, 0.1) is 27.4 Å². The lowest BCUT2D eigenvalue weighted by Gasteiger charge is -2.18. The van der Waals surface area contributed by atoms with Crippen LogP contribution in [0.4, 0.5) is 0 Å². The van der Waals surface area contributed by atoms with Crippen LogP contribution in [0.2, 0.25) is 0 Å². The molecule has 1 aromatic heterocycles. The number of carbonyl (C=O) groups is 2. The van der Waals surface area contributed by atoms with Gasteiger partial charge in [-0.15, -0.1) is 11.3 Å². The first kappa shape index (κ1) is 25.6. The Labute approximate surface area is 208 Å². The molecule has 1 unspecified atom stereocenters. The van der Waals surface area contributed by atoms with Crippen LogP contribution in [0.3, 0.4) is 0 Å². The first-order valence-electron chi connectivity index (χ1n) is 10.8. The van der Waals surface area contributed by atoms with E-state index in [0.29, 0.717) is 28.6 Å². The van der Waals surface area contributed by atoms with E-state index in [1.165, 1.54) is 25.6 Å². The van der Waals surface area contributed by atoms with Crippen LogP contribution in [0, 0.1) is 0 Å². The number of rotatable bonds is 11. The summed E-state index contributed by atoms with van der Waals surface area (Å²) in [6.07, 6.45) is 1.63. The Kier molecular flexibility index (Phi) is 9.14. The molecule has 0 spiro atoms. The van der Waals surface area contributed by atoms with Gasteiger partial charge < -0.3 is 29.6 Å². The Morgan fingerprint density at radius 2 is 1.60 bits per heavy atom. The van der Waals surface area contributed by atoms with Gasteiger partial charge in [-0.2, -0.15) is 0 Å². The maximum absolute atomic E-state index is 13.1. The summed E-state index contributed by atoms with van der Waals surface area (Å²) in [7, 11) is 4.57. The van der Waals surface area contributed by atoms with Gasteiger partial charge in [0, 0.05) is 10.4 Å². The Hall–Kier alpha value is -3.98. The zero-order valence-electron chi connectivity index (χ0n) is 20.0. The molecule has 184 valence electrons. The average Bonchev–Trinajstić information content (AvgIpc) is 3.39. The molecule has 0 aliphatic carbocycles. The quantitative estimate of drug-likeness (QED) is 0.388. The fourth-order valence-electron chi connectivity index (χ4n) is 3.14. The summed E-state index contributed by atoms with van der Waals surface area (Å²) in [5, 5.41) is 7.48. The summed E-state index contributed by atoms with van der Waals surface area (Å²) in [5.41, 5.74) is 0.427. The first-order chi connectivity index (χ1) is 16.9. The second-order valence-electron chi connectivity index (χ2n) is 7.43. The van der Waals surface area contributed by atoms with Crippen molar-refractivity contribution in [3.63, 3.8) is 0 Å². The lowest BCUT2D eigenvalue weighted by atomic mass is 10.1. The molecule has 0 radical (unpaired) electrons. The number of hydrogen-bond acceptors (Lipinski definition) is 7. The molecule has 2 aromatic carbocycles. The van der Waals surface area contributed by atoms with E-state index < -0.39 is 11.8 Å². The monoisotopic (exact) mass is 496 g/mol. The number of ether oxygens (including phenoxy) is 4. The number of thiophene rings is 1. The highest BCUT2D eigenvalue weighted by Gasteiger charge is 2.19. The number of nitrogens with one attached hydrogen (secondary N) is 2. The summed E-state index contributed by atoms with van der Waals surface area (Å²) in [4.78, 5) is 26.9. The van der Waals surface area contributed by atoms with Crippen LogP contribution >= 0.6 is 11.3 Å². The lowest BCUT2D eigenvalue weighted by Crippen LogP contribution is -2.41. The molecule has 35 heavy (non-hydrogen) atoms. The van der Waals surface area contributed by atoms with Gasteiger partial charge in [0.1, 0.15) is 12.3 Å². The van der Waals surface area contributed by atoms with E-state index in [0.717, 1.165) is 4.88 Å². The van der Waals surface area contributed by atoms with Crippen molar-refractivity contribution in [2.24, 2.45) is 0 Å². The van der Waals surface area contributed by atoms with E-state index in [1.54, 1.807) is 43.5 Å². The van der Waals surface area contributed by atoms with E-state index >= 15 is 0 Å². The maximum atomic E-state index is 13.1. The molecule has 3 rings (SSSR count). The molecule has 2 N–H and O–H groups in total. The van der Waals surface area contributed by atoms with Crippen molar-refractivity contribution < 1.29 is 28.5 Å². The second kappa shape index (κ2) is 12.5. The summed E-state index contributed by atoms with van der Waals surface area (Å²) in [6, 6.07) is 15.4. The van der Waals surface area contributed by atoms with Crippen LogP contribution < -0.4 is 29.6 Å². The summed E-state index contributed by atoms with van der Waals surface area (Å²) in [5.74, 6) is 1.19. The average molecular weight is 497 g/mol. The van der Waals surface area contributed by atoms with Gasteiger partial charge in [0.25, 0.3) is 11.8 Å². The van der Waals surface area contributed by atoms with Gasteiger partial charge in [-0.1, -0.05) is 18.2 Å². The molecule has 0 fully saturated rings. The normalized spacial score (nSPS) is 11.8. The number of carbonyl (C=O) groups excluding carboxylic acids is 2. The zero-order chi connectivity index (χ0) is 25.2. The fourth-order valence-corrected chi connectivity index (χ4v) is 3.80. The number of para-hydroxylation sites is 2. The lowest BCUT2D eigenvalue weighted by molar-refractivity contribution is -0.118. The largest absolute Gasteiger partial charge is 0.493 e. The Balaban J connectivity index is 1.72. The predicted molar refractivity (Wildman–Crippen MR) is 135 cm³/mol. The van der Waals surface area contributed by atoms with Crippen molar-refractivity contribution in [2.75, 3.05) is 27.9 Å². The number of benzene rings is 2. The molecular formula is C26H28N2O6S. The van der Waals surface area contributed by atoms with Gasteiger partial charge in [-0.3, -0.25) is 9.59 Å². The Bertz CT molecular complexity index is 1180. The molecule has 0 aliphatic heterocycles. The molecule has 1 heterocycles. The summed E-state index contributed by atoms with van der Waals surface area (Å²) < 4.78 is 21.6. The zero-order valence-corrected chi connectivity index (χ0v) is 20.8. The van der Waals surface area contributed by atoms with Crippen LogP contribution in [0.25, 0.3) is 6.08 Å². The van der Waals surface area contributed by atoms with Crippen molar-refractivity contribution in [3.8, 4) is 23.0 Å². The second-order valence-corrected chi connectivity index (χ2v) is 8.41. The molecule has 0 aliphatic rings. The minimum Gasteiger partial charge on any atom is -0.493 e. The number of hydrogen-bond donors (Lipinski definition) is 2. The molecule has 0 saturated carbocycles. The molecule has 0 bridgehead atoms. The maximum Gasteiger partial charge on any atom is 0.268 e. The van der Waals surface area contributed by atoms with Crippen molar-refractivity contribution >= 4 is 29.2 Å². The van der Waals surface area contributed by atoms with Crippen LogP contribution in [-0.4, -0.2) is 45.8 Å². The number of amides is 2. The molecule has 8 nitrogen and oxygen atoms in total. The van der Waals surface area contributed by atoms with Crippen molar-refractivity contribution in [3.05, 3.63) is 76.1 Å². The molecular weight excluding hydrogens is 468 g/mol. The summed E-state index contributed by atoms with van der Waals surface area (Å²) >= 11 is 1.45. The van der Waals surface area contributed by atoms with Crippen LogP contribution in [0.1, 0.15) is 22.2 Å². The third-order valence-electron chi connectivity index (χ3n) is 4.90. The van der Waals surface area contributed by atoms with Gasteiger partial charge in [0.2, 0.25) is 0 Å².